The fourth-order valence-electron chi connectivity index (χ4n) is 2.68. The lowest BCUT2D eigenvalue weighted by molar-refractivity contribution is -0.142. The number of benzene rings is 1. The predicted octanol–water partition coefficient (Wildman–Crippen LogP) is 2.51. The minimum atomic E-state index is -0.838. The summed E-state index contributed by atoms with van der Waals surface area (Å²) in [6.45, 7) is 2.55. The van der Waals surface area contributed by atoms with E-state index in [4.69, 9.17) is 9.84 Å². The van der Waals surface area contributed by atoms with E-state index in [2.05, 4.69) is 0 Å². The Morgan fingerprint density at radius 2 is 2.05 bits per heavy atom. The molecule has 1 aliphatic rings. The van der Waals surface area contributed by atoms with Crippen LogP contribution in [0.25, 0.3) is 0 Å². The molecule has 1 aromatic carbocycles. The molecule has 108 valence electrons. The number of carbonyl (C=O) groups is 2. The Morgan fingerprint density at radius 3 is 2.65 bits per heavy atom. The summed E-state index contributed by atoms with van der Waals surface area (Å²) in [4.78, 5) is 24.7. The fraction of sp³-hybridized carbons (Fsp3) is 0.467. The van der Waals surface area contributed by atoms with E-state index in [1.165, 1.54) is 0 Å². The van der Waals surface area contributed by atoms with E-state index in [9.17, 15) is 9.59 Å². The second-order valence-electron chi connectivity index (χ2n) is 4.94. The molecular formula is C15H19NO4. The van der Waals surface area contributed by atoms with Crippen molar-refractivity contribution in [2.45, 2.75) is 32.4 Å². The third kappa shape index (κ3) is 3.10. The average Bonchev–Trinajstić information content (AvgIpc) is 2.90. The first-order valence-corrected chi connectivity index (χ1v) is 6.83. The van der Waals surface area contributed by atoms with Gasteiger partial charge in [-0.1, -0.05) is 37.3 Å². The predicted molar refractivity (Wildman–Crippen MR) is 73.2 cm³/mol. The van der Waals surface area contributed by atoms with Crippen LogP contribution in [0.4, 0.5) is 4.79 Å². The molecule has 1 amide bonds. The van der Waals surface area contributed by atoms with E-state index >= 15 is 0 Å². The fourth-order valence-corrected chi connectivity index (χ4v) is 2.68. The van der Waals surface area contributed by atoms with E-state index in [1.54, 1.807) is 4.90 Å². The van der Waals surface area contributed by atoms with Crippen LogP contribution in [0.3, 0.4) is 0 Å². The summed E-state index contributed by atoms with van der Waals surface area (Å²) in [5, 5.41) is 9.14. The van der Waals surface area contributed by atoms with E-state index in [-0.39, 0.29) is 12.6 Å². The molecule has 0 aliphatic carbocycles. The molecular weight excluding hydrogens is 258 g/mol. The van der Waals surface area contributed by atoms with E-state index in [0.29, 0.717) is 19.4 Å². The number of hydrogen-bond acceptors (Lipinski definition) is 3. The van der Waals surface area contributed by atoms with Crippen molar-refractivity contribution in [3.05, 3.63) is 35.9 Å². The molecule has 5 heteroatoms. The lowest BCUT2D eigenvalue weighted by atomic mass is 9.99. The first-order valence-electron chi connectivity index (χ1n) is 6.83. The molecule has 20 heavy (non-hydrogen) atoms. The van der Waals surface area contributed by atoms with Crippen LogP contribution in [-0.2, 0) is 16.1 Å². The zero-order valence-electron chi connectivity index (χ0n) is 11.5. The monoisotopic (exact) mass is 277 g/mol. The van der Waals surface area contributed by atoms with Crippen molar-refractivity contribution in [3.63, 3.8) is 0 Å². The molecule has 1 saturated heterocycles. The molecule has 1 fully saturated rings. The summed E-state index contributed by atoms with van der Waals surface area (Å²) in [7, 11) is 0. The van der Waals surface area contributed by atoms with E-state index in [0.717, 1.165) is 5.56 Å². The number of carboxylic acid groups (broad SMARTS) is 1. The lowest BCUT2D eigenvalue weighted by Gasteiger charge is -2.25. The number of hydrogen-bond donors (Lipinski definition) is 1. The Hall–Kier alpha value is -2.04. The van der Waals surface area contributed by atoms with Gasteiger partial charge in [0.2, 0.25) is 0 Å². The maximum absolute atomic E-state index is 12.1. The number of aliphatic carboxylic acids is 1. The Kier molecular flexibility index (Phi) is 4.61. The van der Waals surface area contributed by atoms with Gasteiger partial charge in [-0.25, -0.2) is 4.79 Å². The third-order valence-electron chi connectivity index (χ3n) is 3.72. The molecule has 0 aromatic heterocycles. The SMILES string of the molecule is CCC1C(C(=O)O)CCN1C(=O)OCc1ccccc1. The number of ether oxygens (including phenoxy) is 1. The van der Waals surface area contributed by atoms with Crippen LogP contribution in [0.5, 0.6) is 0 Å². The quantitative estimate of drug-likeness (QED) is 0.918. The van der Waals surface area contributed by atoms with Gasteiger partial charge >= 0.3 is 12.1 Å². The summed E-state index contributed by atoms with van der Waals surface area (Å²) in [5.41, 5.74) is 0.919. The summed E-state index contributed by atoms with van der Waals surface area (Å²) in [5.74, 6) is -1.32. The second-order valence-corrected chi connectivity index (χ2v) is 4.94. The van der Waals surface area contributed by atoms with Crippen LogP contribution in [0.15, 0.2) is 30.3 Å². The molecule has 1 aromatic rings. The summed E-state index contributed by atoms with van der Waals surface area (Å²) in [6.07, 6.45) is 0.690. The van der Waals surface area contributed by atoms with Gasteiger partial charge in [0.1, 0.15) is 6.61 Å². The number of carboxylic acids is 1. The third-order valence-corrected chi connectivity index (χ3v) is 3.72. The van der Waals surface area contributed by atoms with Crippen LogP contribution in [0, 0.1) is 5.92 Å². The molecule has 0 radical (unpaired) electrons. The minimum Gasteiger partial charge on any atom is -0.481 e. The van der Waals surface area contributed by atoms with E-state index < -0.39 is 18.0 Å². The first kappa shape index (κ1) is 14.4. The molecule has 2 rings (SSSR count). The largest absolute Gasteiger partial charge is 0.481 e. The van der Waals surface area contributed by atoms with Crippen LogP contribution < -0.4 is 0 Å². The van der Waals surface area contributed by atoms with Gasteiger partial charge in [0.15, 0.2) is 0 Å². The molecule has 1 aliphatic heterocycles. The van der Waals surface area contributed by atoms with Crippen LogP contribution >= 0.6 is 0 Å². The van der Waals surface area contributed by atoms with E-state index in [1.807, 2.05) is 37.3 Å². The second kappa shape index (κ2) is 6.41. The van der Waals surface area contributed by atoms with Crippen molar-refractivity contribution < 1.29 is 19.4 Å². The van der Waals surface area contributed by atoms with Gasteiger partial charge in [-0.05, 0) is 18.4 Å². The topological polar surface area (TPSA) is 66.8 Å². The highest BCUT2D eigenvalue weighted by Gasteiger charge is 2.40. The van der Waals surface area contributed by atoms with Crippen molar-refractivity contribution in [2.24, 2.45) is 5.92 Å². The summed E-state index contributed by atoms with van der Waals surface area (Å²) < 4.78 is 5.27. The van der Waals surface area contributed by atoms with Crippen molar-refractivity contribution in [2.75, 3.05) is 6.54 Å². The Bertz CT molecular complexity index is 474. The number of amides is 1. The molecule has 2 unspecified atom stereocenters. The standard InChI is InChI=1S/C15H19NO4/c1-2-13-12(14(17)18)8-9-16(13)15(19)20-10-11-6-4-3-5-7-11/h3-7,12-13H,2,8-10H2,1H3,(H,17,18). The molecule has 1 heterocycles. The Morgan fingerprint density at radius 1 is 1.35 bits per heavy atom. The zero-order chi connectivity index (χ0) is 14.5. The van der Waals surface area contributed by atoms with Crippen LogP contribution in [0.2, 0.25) is 0 Å². The summed E-state index contributed by atoms with van der Waals surface area (Å²) >= 11 is 0. The van der Waals surface area contributed by atoms with Crippen LogP contribution in [-0.4, -0.2) is 34.7 Å². The number of nitrogens with zero attached hydrogens (tertiary/aromatic N) is 1. The number of likely N-dealkylation sites (tertiary alicyclic amines) is 1. The molecule has 0 saturated carbocycles. The molecule has 0 spiro atoms. The number of carbonyl (C=O) groups excluding carboxylic acids is 1. The molecule has 1 N–H and O–H groups in total. The van der Waals surface area contributed by atoms with Gasteiger partial charge in [0.25, 0.3) is 0 Å². The highest BCUT2D eigenvalue weighted by atomic mass is 16.6. The van der Waals surface area contributed by atoms with Crippen molar-refractivity contribution in [1.82, 2.24) is 4.90 Å². The Labute approximate surface area is 118 Å². The highest BCUT2D eigenvalue weighted by Crippen LogP contribution is 2.27. The van der Waals surface area contributed by atoms with Gasteiger partial charge in [-0.3, -0.25) is 4.79 Å². The van der Waals surface area contributed by atoms with Gasteiger partial charge < -0.3 is 14.7 Å². The molecule has 0 bridgehead atoms. The molecule has 5 nitrogen and oxygen atoms in total. The first-order chi connectivity index (χ1) is 9.63. The van der Waals surface area contributed by atoms with Crippen molar-refractivity contribution in [3.8, 4) is 0 Å². The Balaban J connectivity index is 1.94. The van der Waals surface area contributed by atoms with Crippen LogP contribution in [0.1, 0.15) is 25.3 Å². The lowest BCUT2D eigenvalue weighted by Crippen LogP contribution is -2.39. The zero-order valence-corrected chi connectivity index (χ0v) is 11.5. The maximum atomic E-state index is 12.1. The average molecular weight is 277 g/mol. The maximum Gasteiger partial charge on any atom is 0.410 e. The minimum absolute atomic E-state index is 0.213. The van der Waals surface area contributed by atoms with Crippen molar-refractivity contribution >= 4 is 12.1 Å². The van der Waals surface area contributed by atoms with Crippen molar-refractivity contribution in [1.29, 1.82) is 0 Å². The molecule has 2 atom stereocenters. The smallest absolute Gasteiger partial charge is 0.410 e. The van der Waals surface area contributed by atoms with Gasteiger partial charge in [-0.2, -0.15) is 0 Å². The van der Waals surface area contributed by atoms with Gasteiger partial charge in [-0.15, -0.1) is 0 Å². The normalized spacial score (nSPS) is 21.8. The van der Waals surface area contributed by atoms with Gasteiger partial charge in [0, 0.05) is 12.6 Å². The van der Waals surface area contributed by atoms with Gasteiger partial charge in [0.05, 0.1) is 5.92 Å². The summed E-state index contributed by atoms with van der Waals surface area (Å²) in [6, 6.07) is 9.16. The number of rotatable bonds is 4. The highest BCUT2D eigenvalue weighted by molar-refractivity contribution is 5.75.